The first-order valence-corrected chi connectivity index (χ1v) is 8.42. The van der Waals surface area contributed by atoms with Gasteiger partial charge < -0.3 is 5.32 Å². The Labute approximate surface area is 133 Å². The zero-order chi connectivity index (χ0) is 14.6. The van der Waals surface area contributed by atoms with Crippen LogP contribution < -0.4 is 5.32 Å². The summed E-state index contributed by atoms with van der Waals surface area (Å²) >= 11 is 12.7. The molecule has 0 saturated heterocycles. The van der Waals surface area contributed by atoms with Gasteiger partial charge in [-0.2, -0.15) is 0 Å². The lowest BCUT2D eigenvalue weighted by atomic mass is 9.79. The molecule has 1 saturated carbocycles. The SMILES string of the molecule is CC(C)CNCC1(Cc2c(Cl)cccc2Cl)CCCC1. The van der Waals surface area contributed by atoms with Crippen molar-refractivity contribution in [3.8, 4) is 0 Å². The second-order valence-corrected chi connectivity index (χ2v) is 7.42. The van der Waals surface area contributed by atoms with Crippen LogP contribution in [0.1, 0.15) is 45.1 Å². The van der Waals surface area contributed by atoms with Crippen molar-refractivity contribution in [1.29, 1.82) is 0 Å². The monoisotopic (exact) mass is 313 g/mol. The fraction of sp³-hybridized carbons (Fsp3) is 0.647. The summed E-state index contributed by atoms with van der Waals surface area (Å²) in [6.45, 7) is 6.66. The van der Waals surface area contributed by atoms with Crippen molar-refractivity contribution in [3.05, 3.63) is 33.8 Å². The molecule has 0 aromatic heterocycles. The summed E-state index contributed by atoms with van der Waals surface area (Å²) in [5, 5.41) is 5.27. The quantitative estimate of drug-likeness (QED) is 0.747. The van der Waals surface area contributed by atoms with Crippen LogP contribution in [-0.2, 0) is 6.42 Å². The van der Waals surface area contributed by atoms with Crippen LogP contribution in [0, 0.1) is 11.3 Å². The van der Waals surface area contributed by atoms with E-state index in [-0.39, 0.29) is 0 Å². The van der Waals surface area contributed by atoms with E-state index < -0.39 is 0 Å². The molecule has 2 rings (SSSR count). The number of benzene rings is 1. The number of nitrogens with one attached hydrogen (secondary N) is 1. The molecule has 0 unspecified atom stereocenters. The van der Waals surface area contributed by atoms with Crippen LogP contribution in [0.15, 0.2) is 18.2 Å². The molecule has 0 bridgehead atoms. The van der Waals surface area contributed by atoms with Gasteiger partial charge in [0.05, 0.1) is 0 Å². The number of halogens is 2. The van der Waals surface area contributed by atoms with Gasteiger partial charge in [0, 0.05) is 16.6 Å². The minimum absolute atomic E-state index is 0.337. The minimum atomic E-state index is 0.337. The fourth-order valence-electron chi connectivity index (χ4n) is 3.24. The number of hydrogen-bond acceptors (Lipinski definition) is 1. The van der Waals surface area contributed by atoms with Crippen molar-refractivity contribution < 1.29 is 0 Å². The van der Waals surface area contributed by atoms with Crippen LogP contribution in [0.3, 0.4) is 0 Å². The van der Waals surface area contributed by atoms with E-state index in [2.05, 4.69) is 19.2 Å². The lowest BCUT2D eigenvalue weighted by Gasteiger charge is -2.31. The van der Waals surface area contributed by atoms with Gasteiger partial charge in [-0.05, 0) is 54.8 Å². The highest BCUT2D eigenvalue weighted by Gasteiger charge is 2.34. The third-order valence-electron chi connectivity index (χ3n) is 4.33. The number of hydrogen-bond donors (Lipinski definition) is 1. The largest absolute Gasteiger partial charge is 0.316 e. The fourth-order valence-corrected chi connectivity index (χ4v) is 3.77. The summed E-state index contributed by atoms with van der Waals surface area (Å²) in [7, 11) is 0. The maximum absolute atomic E-state index is 6.35. The molecule has 0 atom stereocenters. The molecule has 1 aliphatic rings. The maximum atomic E-state index is 6.35. The van der Waals surface area contributed by atoms with Gasteiger partial charge in [-0.15, -0.1) is 0 Å². The van der Waals surface area contributed by atoms with Crippen LogP contribution in [0.4, 0.5) is 0 Å². The van der Waals surface area contributed by atoms with Gasteiger partial charge in [0.15, 0.2) is 0 Å². The van der Waals surface area contributed by atoms with Crippen LogP contribution in [0.2, 0.25) is 10.0 Å². The minimum Gasteiger partial charge on any atom is -0.316 e. The van der Waals surface area contributed by atoms with Gasteiger partial charge in [0.2, 0.25) is 0 Å². The molecule has 0 aliphatic heterocycles. The first-order valence-electron chi connectivity index (χ1n) is 7.66. The smallest absolute Gasteiger partial charge is 0.0453 e. The van der Waals surface area contributed by atoms with Crippen molar-refractivity contribution >= 4 is 23.2 Å². The van der Waals surface area contributed by atoms with Crippen molar-refractivity contribution in [1.82, 2.24) is 5.32 Å². The molecule has 1 N–H and O–H groups in total. The Morgan fingerprint density at radius 1 is 1.15 bits per heavy atom. The Morgan fingerprint density at radius 2 is 1.75 bits per heavy atom. The molecule has 0 spiro atoms. The summed E-state index contributed by atoms with van der Waals surface area (Å²) < 4.78 is 0. The molecular formula is C17H25Cl2N. The zero-order valence-corrected chi connectivity index (χ0v) is 14.0. The van der Waals surface area contributed by atoms with E-state index in [4.69, 9.17) is 23.2 Å². The first-order chi connectivity index (χ1) is 9.52. The Kier molecular flexibility index (Phi) is 5.77. The molecule has 1 aliphatic carbocycles. The Balaban J connectivity index is 2.09. The van der Waals surface area contributed by atoms with E-state index in [1.807, 2.05) is 18.2 Å². The second kappa shape index (κ2) is 7.15. The van der Waals surface area contributed by atoms with Crippen LogP contribution >= 0.6 is 23.2 Å². The lowest BCUT2D eigenvalue weighted by Crippen LogP contribution is -2.35. The van der Waals surface area contributed by atoms with Crippen LogP contribution in [-0.4, -0.2) is 13.1 Å². The predicted octanol–water partition coefficient (Wildman–Crippen LogP) is 5.34. The molecule has 1 nitrogen and oxygen atoms in total. The van der Waals surface area contributed by atoms with E-state index in [9.17, 15) is 0 Å². The van der Waals surface area contributed by atoms with Crippen molar-refractivity contribution in [2.24, 2.45) is 11.3 Å². The second-order valence-electron chi connectivity index (χ2n) is 6.61. The molecule has 1 aromatic rings. The highest BCUT2D eigenvalue weighted by atomic mass is 35.5. The van der Waals surface area contributed by atoms with Crippen molar-refractivity contribution in [3.63, 3.8) is 0 Å². The summed E-state index contributed by atoms with van der Waals surface area (Å²) in [6, 6.07) is 5.83. The zero-order valence-electron chi connectivity index (χ0n) is 12.5. The topological polar surface area (TPSA) is 12.0 Å². The maximum Gasteiger partial charge on any atom is 0.0453 e. The third kappa shape index (κ3) is 4.13. The molecule has 112 valence electrons. The Bertz CT molecular complexity index is 416. The van der Waals surface area contributed by atoms with Crippen molar-refractivity contribution in [2.45, 2.75) is 46.0 Å². The van der Waals surface area contributed by atoms with Gasteiger partial charge in [0.1, 0.15) is 0 Å². The summed E-state index contributed by atoms with van der Waals surface area (Å²) in [4.78, 5) is 0. The normalized spacial score (nSPS) is 17.9. The molecule has 1 fully saturated rings. The average molecular weight is 314 g/mol. The molecule has 0 amide bonds. The third-order valence-corrected chi connectivity index (χ3v) is 5.04. The summed E-state index contributed by atoms with van der Waals surface area (Å²) in [5.41, 5.74) is 1.47. The summed E-state index contributed by atoms with van der Waals surface area (Å²) in [5.74, 6) is 0.692. The van der Waals surface area contributed by atoms with Crippen LogP contribution in [0.5, 0.6) is 0 Å². The van der Waals surface area contributed by atoms with Crippen molar-refractivity contribution in [2.75, 3.05) is 13.1 Å². The number of rotatable bonds is 6. The Hall–Kier alpha value is -0.240. The molecule has 0 heterocycles. The first kappa shape index (κ1) is 16.1. The highest BCUT2D eigenvalue weighted by molar-refractivity contribution is 6.36. The molecule has 0 radical (unpaired) electrons. The molecule has 1 aromatic carbocycles. The van der Waals surface area contributed by atoms with E-state index in [0.29, 0.717) is 11.3 Å². The highest BCUT2D eigenvalue weighted by Crippen LogP contribution is 2.43. The van der Waals surface area contributed by atoms with E-state index >= 15 is 0 Å². The average Bonchev–Trinajstić information content (AvgIpc) is 2.83. The van der Waals surface area contributed by atoms with E-state index in [0.717, 1.165) is 35.1 Å². The molecule has 3 heteroatoms. The Morgan fingerprint density at radius 3 is 2.30 bits per heavy atom. The van der Waals surface area contributed by atoms with Crippen LogP contribution in [0.25, 0.3) is 0 Å². The van der Waals surface area contributed by atoms with Gasteiger partial charge in [-0.25, -0.2) is 0 Å². The van der Waals surface area contributed by atoms with E-state index in [1.54, 1.807) is 0 Å². The van der Waals surface area contributed by atoms with Gasteiger partial charge in [0.25, 0.3) is 0 Å². The predicted molar refractivity (Wildman–Crippen MR) is 88.8 cm³/mol. The summed E-state index contributed by atoms with van der Waals surface area (Å²) in [6.07, 6.45) is 6.20. The standard InChI is InChI=1S/C17H25Cl2N/c1-13(2)11-20-12-17(8-3-4-9-17)10-14-15(18)6-5-7-16(14)19/h5-7,13,20H,3-4,8-12H2,1-2H3. The van der Waals surface area contributed by atoms with Gasteiger partial charge in [-0.3, -0.25) is 0 Å². The molecular weight excluding hydrogens is 289 g/mol. The van der Waals surface area contributed by atoms with E-state index in [1.165, 1.54) is 25.7 Å². The molecule has 20 heavy (non-hydrogen) atoms. The van der Waals surface area contributed by atoms with Gasteiger partial charge in [-0.1, -0.05) is 56.0 Å². The lowest BCUT2D eigenvalue weighted by molar-refractivity contribution is 0.273. The van der Waals surface area contributed by atoms with Gasteiger partial charge >= 0.3 is 0 Å².